The van der Waals surface area contributed by atoms with E-state index < -0.39 is 29.1 Å². The lowest BCUT2D eigenvalue weighted by atomic mass is 9.96. The second-order valence-corrected chi connectivity index (χ2v) is 7.98. The molecule has 0 saturated carbocycles. The Morgan fingerprint density at radius 2 is 2.00 bits per heavy atom. The van der Waals surface area contributed by atoms with Crippen LogP contribution in [0.4, 0.5) is 0 Å². The van der Waals surface area contributed by atoms with Crippen molar-refractivity contribution in [1.29, 1.82) is 0 Å². The summed E-state index contributed by atoms with van der Waals surface area (Å²) < 4.78 is 22.0. The Morgan fingerprint density at radius 1 is 1.23 bits per heavy atom. The normalized spacial score (nSPS) is 27.0. The molecule has 4 heterocycles. The largest absolute Gasteiger partial charge is 0.378 e. The Hall–Kier alpha value is -2.30. The number of aromatic amines is 1. The molecule has 1 N–H and O–H groups in total. The van der Waals surface area contributed by atoms with Gasteiger partial charge in [0.15, 0.2) is 11.8 Å². The van der Waals surface area contributed by atoms with Crippen LogP contribution in [0.5, 0.6) is 0 Å². The van der Waals surface area contributed by atoms with Crippen molar-refractivity contribution in [3.05, 3.63) is 44.5 Å². The van der Waals surface area contributed by atoms with Crippen molar-refractivity contribution in [2.45, 2.75) is 70.4 Å². The molecule has 164 valence electrons. The zero-order valence-electron chi connectivity index (χ0n) is 17.7. The van der Waals surface area contributed by atoms with Gasteiger partial charge in [-0.25, -0.2) is 9.48 Å². The first-order valence-corrected chi connectivity index (χ1v) is 10.6. The topological polar surface area (TPSA) is 113 Å². The first kappa shape index (κ1) is 21.0. The number of hydrogen-bond acceptors (Lipinski definition) is 7. The maximum absolute atomic E-state index is 12.6. The number of nitrogens with one attached hydrogen (secondary N) is 1. The second-order valence-electron chi connectivity index (χ2n) is 7.98. The van der Waals surface area contributed by atoms with Crippen LogP contribution < -0.4 is 11.2 Å². The van der Waals surface area contributed by atoms with E-state index in [4.69, 9.17) is 14.2 Å². The van der Waals surface area contributed by atoms with Crippen LogP contribution in [-0.2, 0) is 19.8 Å². The van der Waals surface area contributed by atoms with E-state index in [9.17, 15) is 9.59 Å². The molecule has 0 amide bonds. The lowest BCUT2D eigenvalue weighted by Gasteiger charge is -2.32. The lowest BCUT2D eigenvalue weighted by molar-refractivity contribution is -0.163. The van der Waals surface area contributed by atoms with Crippen molar-refractivity contribution >= 4 is 0 Å². The highest BCUT2D eigenvalue weighted by atomic mass is 16.6. The molecule has 0 aliphatic carbocycles. The number of H-pyrrole nitrogens is 1. The maximum Gasteiger partial charge on any atom is 0.330 e. The van der Waals surface area contributed by atoms with Crippen molar-refractivity contribution < 1.29 is 14.2 Å². The van der Waals surface area contributed by atoms with Crippen molar-refractivity contribution in [1.82, 2.24) is 24.5 Å². The number of hydrogen-bond donors (Lipinski definition) is 1. The van der Waals surface area contributed by atoms with Gasteiger partial charge in [0, 0.05) is 25.0 Å². The summed E-state index contributed by atoms with van der Waals surface area (Å²) >= 11 is 0. The van der Waals surface area contributed by atoms with E-state index in [0.29, 0.717) is 18.8 Å². The average Bonchev–Trinajstić information content (AvgIpc) is 3.38. The summed E-state index contributed by atoms with van der Waals surface area (Å²) in [5.41, 5.74) is -0.634. The van der Waals surface area contributed by atoms with Gasteiger partial charge < -0.3 is 14.2 Å². The standard InChI is InChI=1S/C20H29N5O5/c1-4-6-8-28-12-20-14-10-21-23-25(14)15(16(20)29-9-7-5-2)18(30-20)24-11-13(3)17(26)22-19(24)27/h10-11,15-16,18H,4-9,12H2,1-3H3,(H,22,26,27)/t15-,16?,18+,20+/m0/s1. The highest BCUT2D eigenvalue weighted by molar-refractivity contribution is 5.26. The number of nitrogens with zero attached hydrogens (tertiary/aromatic N) is 4. The van der Waals surface area contributed by atoms with Crippen LogP contribution in [0.1, 0.15) is 63.1 Å². The number of fused-ring (bicyclic) bond motifs is 5. The lowest BCUT2D eigenvalue weighted by Crippen LogP contribution is -2.42. The van der Waals surface area contributed by atoms with E-state index in [0.717, 1.165) is 31.4 Å². The minimum atomic E-state index is -0.913. The van der Waals surface area contributed by atoms with Crippen molar-refractivity contribution in [3.63, 3.8) is 0 Å². The van der Waals surface area contributed by atoms with Gasteiger partial charge in [0.2, 0.25) is 0 Å². The highest BCUT2D eigenvalue weighted by Gasteiger charge is 2.66. The van der Waals surface area contributed by atoms with Gasteiger partial charge in [-0.15, -0.1) is 5.10 Å². The molecule has 0 spiro atoms. The van der Waals surface area contributed by atoms with Gasteiger partial charge in [0.05, 0.1) is 18.5 Å². The fourth-order valence-corrected chi connectivity index (χ4v) is 4.24. The molecule has 10 heteroatoms. The predicted molar refractivity (Wildman–Crippen MR) is 107 cm³/mol. The van der Waals surface area contributed by atoms with Gasteiger partial charge in [-0.05, 0) is 19.8 Å². The second kappa shape index (κ2) is 8.44. The van der Waals surface area contributed by atoms with E-state index in [-0.39, 0.29) is 12.7 Å². The number of ether oxygens (including phenoxy) is 3. The SMILES string of the molecule is CCCCOC[C@]12O[C@@H](n3cc(C)c(=O)[nH]c3=O)[C@H](C1OCCCC)n1nncc12. The van der Waals surface area contributed by atoms with Crippen molar-refractivity contribution in [2.24, 2.45) is 0 Å². The molecule has 1 unspecified atom stereocenters. The summed E-state index contributed by atoms with van der Waals surface area (Å²) in [6, 6.07) is -0.392. The van der Waals surface area contributed by atoms with Gasteiger partial charge >= 0.3 is 5.69 Å². The number of aromatic nitrogens is 5. The third kappa shape index (κ3) is 3.32. The highest BCUT2D eigenvalue weighted by Crippen LogP contribution is 2.56. The first-order chi connectivity index (χ1) is 14.5. The van der Waals surface area contributed by atoms with E-state index in [2.05, 4.69) is 29.1 Å². The van der Waals surface area contributed by atoms with Crippen LogP contribution in [0, 0.1) is 6.92 Å². The minimum absolute atomic E-state index is 0.279. The molecule has 2 aromatic rings. The predicted octanol–water partition coefficient (Wildman–Crippen LogP) is 1.42. The van der Waals surface area contributed by atoms with Crippen LogP contribution in [0.3, 0.4) is 0 Å². The smallest absolute Gasteiger partial charge is 0.330 e. The number of rotatable bonds is 10. The quantitative estimate of drug-likeness (QED) is 0.579. The monoisotopic (exact) mass is 419 g/mol. The molecule has 10 nitrogen and oxygen atoms in total. The third-order valence-corrected chi connectivity index (χ3v) is 5.86. The van der Waals surface area contributed by atoms with Crippen molar-refractivity contribution in [3.8, 4) is 0 Å². The zero-order valence-corrected chi connectivity index (χ0v) is 17.7. The fourth-order valence-electron chi connectivity index (χ4n) is 4.24. The summed E-state index contributed by atoms with van der Waals surface area (Å²) in [4.78, 5) is 26.8. The molecule has 4 atom stereocenters. The van der Waals surface area contributed by atoms with Crippen LogP contribution in [0.15, 0.2) is 22.0 Å². The van der Waals surface area contributed by atoms with E-state index in [1.54, 1.807) is 17.8 Å². The van der Waals surface area contributed by atoms with E-state index in [1.165, 1.54) is 10.8 Å². The van der Waals surface area contributed by atoms with Crippen molar-refractivity contribution in [2.75, 3.05) is 19.8 Å². The molecule has 0 radical (unpaired) electrons. The summed E-state index contributed by atoms with van der Waals surface area (Å²) in [5.74, 6) is 0. The summed E-state index contributed by atoms with van der Waals surface area (Å²) in [6.07, 6.45) is 6.03. The van der Waals surface area contributed by atoms with Gasteiger partial charge in [-0.1, -0.05) is 31.9 Å². The van der Waals surface area contributed by atoms with Crippen LogP contribution >= 0.6 is 0 Å². The van der Waals surface area contributed by atoms with E-state index >= 15 is 0 Å². The minimum Gasteiger partial charge on any atom is -0.378 e. The van der Waals surface area contributed by atoms with Gasteiger partial charge in [-0.3, -0.25) is 14.3 Å². The van der Waals surface area contributed by atoms with Gasteiger partial charge in [-0.2, -0.15) is 0 Å². The van der Waals surface area contributed by atoms with E-state index in [1.807, 2.05) is 0 Å². The molecule has 2 aliphatic rings. The average molecular weight is 419 g/mol. The zero-order chi connectivity index (χ0) is 21.3. The maximum atomic E-state index is 12.6. The van der Waals surface area contributed by atoms with Crippen LogP contribution in [-0.4, -0.2) is 50.5 Å². The molecule has 30 heavy (non-hydrogen) atoms. The number of unbranched alkanes of at least 4 members (excludes halogenated alkanes) is 2. The molecule has 4 rings (SSSR count). The third-order valence-electron chi connectivity index (χ3n) is 5.86. The molecular weight excluding hydrogens is 390 g/mol. The fraction of sp³-hybridized carbons (Fsp3) is 0.700. The summed E-state index contributed by atoms with van der Waals surface area (Å²) in [7, 11) is 0. The molecular formula is C20H29N5O5. The summed E-state index contributed by atoms with van der Waals surface area (Å²) in [6.45, 7) is 7.33. The number of aryl methyl sites for hydroxylation is 1. The first-order valence-electron chi connectivity index (χ1n) is 10.6. The Morgan fingerprint density at radius 3 is 2.77 bits per heavy atom. The Balaban J connectivity index is 1.73. The molecule has 0 aromatic carbocycles. The Labute approximate surface area is 174 Å². The molecule has 2 bridgehead atoms. The Kier molecular flexibility index (Phi) is 5.90. The molecule has 2 aliphatic heterocycles. The Bertz CT molecular complexity index is 998. The van der Waals surface area contributed by atoms with Gasteiger partial charge in [0.25, 0.3) is 5.56 Å². The van der Waals surface area contributed by atoms with Crippen LogP contribution in [0.2, 0.25) is 0 Å². The van der Waals surface area contributed by atoms with Gasteiger partial charge in [0.1, 0.15) is 12.1 Å². The van der Waals surface area contributed by atoms with Crippen LogP contribution in [0.25, 0.3) is 0 Å². The molecule has 1 saturated heterocycles. The summed E-state index contributed by atoms with van der Waals surface area (Å²) in [5, 5.41) is 8.32. The molecule has 1 fully saturated rings. The molecule has 2 aromatic heterocycles.